The van der Waals surface area contributed by atoms with Gasteiger partial charge in [0.2, 0.25) is 15.4 Å². The first-order valence-corrected chi connectivity index (χ1v) is 35.6. The van der Waals surface area contributed by atoms with Crippen LogP contribution in [0.25, 0.3) is 16.7 Å². The van der Waals surface area contributed by atoms with Crippen LogP contribution in [0.15, 0.2) is 52.3 Å². The van der Waals surface area contributed by atoms with Gasteiger partial charge in [-0.1, -0.05) is 17.2 Å². The van der Waals surface area contributed by atoms with Gasteiger partial charge in [-0.2, -0.15) is 16.8 Å². The van der Waals surface area contributed by atoms with Crippen LogP contribution in [0.5, 0.6) is 11.5 Å². The molecule has 28 nitrogen and oxygen atoms in total. The number of hydroxylamine groups is 2. The van der Waals surface area contributed by atoms with Crippen LogP contribution in [0.1, 0.15) is 93.2 Å². The summed E-state index contributed by atoms with van der Waals surface area (Å²) in [7, 11) is -14.2. The highest BCUT2D eigenvalue weighted by atomic mass is 32.2. The van der Waals surface area contributed by atoms with E-state index >= 15 is 0 Å². The zero-order valence-electron chi connectivity index (χ0n) is 51.7. The van der Waals surface area contributed by atoms with Crippen LogP contribution in [0.3, 0.4) is 0 Å². The lowest BCUT2D eigenvalue weighted by Gasteiger charge is -2.47. The molecule has 0 aliphatic carbocycles. The summed E-state index contributed by atoms with van der Waals surface area (Å²) in [4.78, 5) is 40.3. The SMILES string of the molecule is CC1(C)C=C(CSOOO)c2cc3c(c4c2N1CCC4)Oc1c2c4c(cc1=C3c1ccc(S(=O)(=O)O)cc1S(=O)(=O)O)C(CS(=O)(=O)NCCOCCOCCOCCOCCOCCOCCOCCOCCC(=O)ON1C(=O)CCC1=O)=CC(C)(C)[N+]=4CCC2. The molecule has 1 fully saturated rings. The Balaban J connectivity index is 0.752. The summed E-state index contributed by atoms with van der Waals surface area (Å²) in [6.45, 7) is 14.1. The molecule has 92 heavy (non-hydrogen) atoms. The van der Waals surface area contributed by atoms with E-state index in [1.807, 2.05) is 26.0 Å². The summed E-state index contributed by atoms with van der Waals surface area (Å²) in [5, 5.41) is 14.6. The summed E-state index contributed by atoms with van der Waals surface area (Å²) in [6, 6.07) is 6.62. The van der Waals surface area contributed by atoms with Crippen molar-refractivity contribution in [2.75, 3.05) is 142 Å². The number of carbonyl (C=O) groups excluding carboxylic acids is 3. The maximum atomic E-state index is 14.1. The number of hydrogen-bond donors (Lipinski definition) is 4. The Morgan fingerprint density at radius 3 is 1.80 bits per heavy atom. The van der Waals surface area contributed by atoms with Gasteiger partial charge in [0.15, 0.2) is 5.54 Å². The maximum absolute atomic E-state index is 14.1. The Hall–Kier alpha value is -5.34. The number of amides is 2. The smallest absolute Gasteiger partial charge is 0.335 e. The minimum absolute atomic E-state index is 0.0300. The molecule has 0 saturated carbocycles. The van der Waals surface area contributed by atoms with E-state index in [4.69, 9.17) is 57.1 Å². The van der Waals surface area contributed by atoms with Gasteiger partial charge in [-0.05, 0) is 74.6 Å². The van der Waals surface area contributed by atoms with Gasteiger partial charge in [0.05, 0.1) is 145 Å². The second-order valence-corrected chi connectivity index (χ2v) is 28.5. The number of imide groups is 1. The van der Waals surface area contributed by atoms with Crippen LogP contribution < -0.4 is 29.5 Å². The molecule has 9 rings (SSSR count). The lowest BCUT2D eigenvalue weighted by molar-refractivity contribution is -0.432. The van der Waals surface area contributed by atoms with E-state index in [9.17, 15) is 48.7 Å². The third-order valence-corrected chi connectivity index (χ3v) is 19.7. The molecule has 6 heterocycles. The fourth-order valence-corrected chi connectivity index (χ4v) is 15.0. The third-order valence-electron chi connectivity index (χ3n) is 16.0. The Bertz CT molecular complexity index is 3770. The van der Waals surface area contributed by atoms with E-state index in [0.29, 0.717) is 143 Å². The molecule has 2 amide bonds. The van der Waals surface area contributed by atoms with Crippen molar-refractivity contribution in [3.05, 3.63) is 86.4 Å². The lowest BCUT2D eigenvalue weighted by Crippen LogP contribution is -2.54. The van der Waals surface area contributed by atoms with Gasteiger partial charge in [0.25, 0.3) is 32.1 Å². The first-order chi connectivity index (χ1) is 43.9. The molecule has 0 aromatic heterocycles. The van der Waals surface area contributed by atoms with Crippen molar-refractivity contribution in [2.45, 2.75) is 93.5 Å². The summed E-state index contributed by atoms with van der Waals surface area (Å²) in [5.41, 5.74) is 4.39. The van der Waals surface area contributed by atoms with Crippen molar-refractivity contribution in [3.63, 3.8) is 0 Å². The molecule has 0 atom stereocenters. The molecular weight excluding hydrogens is 1290 g/mol. The van der Waals surface area contributed by atoms with Crippen LogP contribution in [-0.2, 0) is 110 Å². The van der Waals surface area contributed by atoms with Crippen LogP contribution >= 0.6 is 12.0 Å². The van der Waals surface area contributed by atoms with E-state index < -0.39 is 74.7 Å². The summed E-state index contributed by atoms with van der Waals surface area (Å²) in [6.07, 6.45) is 6.40. The van der Waals surface area contributed by atoms with E-state index in [1.54, 1.807) is 6.07 Å². The highest BCUT2D eigenvalue weighted by molar-refractivity contribution is 7.95. The van der Waals surface area contributed by atoms with E-state index in [1.165, 1.54) is 6.07 Å². The molecule has 3 aromatic rings. The summed E-state index contributed by atoms with van der Waals surface area (Å²) >= 11 is 0.849. The Morgan fingerprint density at radius 2 is 1.23 bits per heavy atom. The molecule has 6 aliphatic rings. The zero-order chi connectivity index (χ0) is 65.8. The minimum Gasteiger partial charge on any atom is -0.455 e. The van der Waals surface area contributed by atoms with E-state index in [-0.39, 0.29) is 82.3 Å². The summed E-state index contributed by atoms with van der Waals surface area (Å²) in [5.74, 6) is -1.21. The second kappa shape index (κ2) is 31.5. The first-order valence-electron chi connectivity index (χ1n) is 30.2. The second-order valence-electron chi connectivity index (χ2n) is 23.3. The van der Waals surface area contributed by atoms with Crippen molar-refractivity contribution in [2.24, 2.45) is 0 Å². The van der Waals surface area contributed by atoms with Crippen molar-refractivity contribution < 1.29 is 111 Å². The number of sulfonamides is 1. The van der Waals surface area contributed by atoms with Gasteiger partial charge in [-0.3, -0.25) is 18.7 Å². The van der Waals surface area contributed by atoms with Gasteiger partial charge in [-0.15, -0.1) is 9.40 Å². The van der Waals surface area contributed by atoms with Crippen molar-refractivity contribution in [1.29, 1.82) is 0 Å². The molecule has 0 radical (unpaired) electrons. The molecule has 4 N–H and O–H groups in total. The van der Waals surface area contributed by atoms with Crippen LogP contribution in [0, 0.1) is 0 Å². The molecule has 1 saturated heterocycles. The fraction of sp³-hybridized carbons (Fsp3) is 0.567. The van der Waals surface area contributed by atoms with Gasteiger partial charge in [0, 0.05) is 97.0 Å². The quantitative estimate of drug-likeness (QED) is 0.00952. The number of nitrogens with one attached hydrogen (secondary N) is 1. The monoisotopic (exact) mass is 1370 g/mol. The Kier molecular flexibility index (Phi) is 24.3. The first kappa shape index (κ1) is 71.0. The molecule has 506 valence electrons. The summed E-state index contributed by atoms with van der Waals surface area (Å²) < 4.78 is 163. The van der Waals surface area contributed by atoms with Crippen LogP contribution in [0.2, 0.25) is 0 Å². The van der Waals surface area contributed by atoms with Crippen LogP contribution in [0.4, 0.5) is 5.69 Å². The topological polar surface area (TPSA) is 347 Å². The van der Waals surface area contributed by atoms with Crippen molar-refractivity contribution in [1.82, 2.24) is 14.4 Å². The predicted octanol–water partition coefficient (Wildman–Crippen LogP) is 3.19. The molecule has 0 bridgehead atoms. The normalized spacial score (nSPS) is 17.2. The molecule has 32 heteroatoms. The van der Waals surface area contributed by atoms with Gasteiger partial charge < -0.3 is 52.4 Å². The Morgan fingerprint density at radius 1 is 0.652 bits per heavy atom. The number of carbonyl (C=O) groups is 3. The number of nitrogens with zero attached hydrogens (tertiary/aromatic N) is 3. The van der Waals surface area contributed by atoms with Crippen molar-refractivity contribution in [3.8, 4) is 11.5 Å². The number of ether oxygens (including phenoxy) is 9. The van der Waals surface area contributed by atoms with Crippen LogP contribution in [-0.4, -0.2) is 210 Å². The largest absolute Gasteiger partial charge is 0.455 e. The lowest BCUT2D eigenvalue weighted by atomic mass is 9.79. The number of rotatable bonds is 38. The average molecular weight is 1370 g/mol. The standard InChI is InChI=1S/C60H78N4O24S4/c1-59(2)36-40(38-89-88-87-68)46-34-48-54(43-10-9-42(91(71,72)73)33-50(43)92(74,75)76)49-35-47-41(37-60(3,4)63-16-6-8-45(56(47)63)58(49)85-57(48)44-7-5-15-62(59)55(44)46)39-90(69,70)61-14-18-78-20-22-80-24-26-82-28-30-84-32-31-83-29-27-81-25-23-79-21-19-77-17-13-53(67)86-64-51(65)11-12-52(64)66/h9-10,33-37,61H,5-8,11-32,38-39H2,1-4H3,(H2-,68,71,72,73,74,75,76)/p+1. The zero-order valence-corrected chi connectivity index (χ0v) is 55.0. The van der Waals surface area contributed by atoms with Crippen molar-refractivity contribution >= 4 is 82.5 Å². The van der Waals surface area contributed by atoms with Gasteiger partial charge in [-0.25, -0.2) is 27.8 Å². The Labute approximate surface area is 538 Å². The molecular formula is C60H79N4O24S4+. The minimum atomic E-state index is -5.23. The predicted molar refractivity (Wildman–Crippen MR) is 331 cm³/mol. The van der Waals surface area contributed by atoms with E-state index in [2.05, 4.69) is 39.2 Å². The molecule has 0 spiro atoms. The maximum Gasteiger partial charge on any atom is 0.335 e. The number of anilines is 1. The number of hydrogen-bond acceptors (Lipinski definition) is 24. The number of fused-ring (bicyclic) bond motifs is 4. The third kappa shape index (κ3) is 17.6. The molecule has 0 unspecified atom stereocenters. The number of benzene rings is 3. The molecule has 3 aromatic carbocycles. The highest BCUT2D eigenvalue weighted by Gasteiger charge is 2.44. The average Bonchev–Trinajstić information content (AvgIpc) is 0.722. The molecule has 6 aliphatic heterocycles. The van der Waals surface area contributed by atoms with Gasteiger partial charge >= 0.3 is 5.97 Å². The highest BCUT2D eigenvalue weighted by Crippen LogP contribution is 2.53. The fourth-order valence-electron chi connectivity index (χ4n) is 12.1. The van der Waals surface area contributed by atoms with E-state index in [0.717, 1.165) is 57.8 Å². The van der Waals surface area contributed by atoms with Gasteiger partial charge in [0.1, 0.15) is 22.9 Å².